The van der Waals surface area contributed by atoms with Gasteiger partial charge in [0.15, 0.2) is 0 Å². The molecule has 0 saturated heterocycles. The van der Waals surface area contributed by atoms with Gasteiger partial charge in [0.25, 0.3) is 0 Å². The normalized spacial score (nSPS) is 11.5. The lowest BCUT2D eigenvalue weighted by molar-refractivity contribution is 0.147. The van der Waals surface area contributed by atoms with Gasteiger partial charge in [0, 0.05) is 26.7 Å². The SMILES string of the molecule is CCN(CCOC)Cc1ccccc1CNCC(C)C. The third kappa shape index (κ3) is 6.51. The summed E-state index contributed by atoms with van der Waals surface area (Å²) in [5, 5.41) is 3.53. The van der Waals surface area contributed by atoms with E-state index in [9.17, 15) is 0 Å². The Morgan fingerprint density at radius 1 is 1.20 bits per heavy atom. The first-order valence-electron chi connectivity index (χ1n) is 7.66. The summed E-state index contributed by atoms with van der Waals surface area (Å²) in [5.74, 6) is 0.691. The van der Waals surface area contributed by atoms with Gasteiger partial charge >= 0.3 is 0 Å². The van der Waals surface area contributed by atoms with Crippen LogP contribution in [-0.4, -0.2) is 38.3 Å². The molecule has 0 aliphatic rings. The first kappa shape index (κ1) is 17.2. The van der Waals surface area contributed by atoms with E-state index in [1.165, 1.54) is 11.1 Å². The van der Waals surface area contributed by atoms with Crippen molar-refractivity contribution in [1.82, 2.24) is 10.2 Å². The average molecular weight is 278 g/mol. The van der Waals surface area contributed by atoms with Crippen LogP contribution >= 0.6 is 0 Å². The van der Waals surface area contributed by atoms with Crippen LogP contribution in [0.2, 0.25) is 0 Å². The van der Waals surface area contributed by atoms with Gasteiger partial charge < -0.3 is 10.1 Å². The average Bonchev–Trinajstić information content (AvgIpc) is 2.44. The van der Waals surface area contributed by atoms with Crippen LogP contribution in [0, 0.1) is 5.92 Å². The van der Waals surface area contributed by atoms with Crippen molar-refractivity contribution in [3.8, 4) is 0 Å². The first-order valence-corrected chi connectivity index (χ1v) is 7.66. The van der Waals surface area contributed by atoms with Gasteiger partial charge in [0.05, 0.1) is 6.61 Å². The van der Waals surface area contributed by atoms with Crippen molar-refractivity contribution in [1.29, 1.82) is 0 Å². The molecule has 1 aromatic rings. The van der Waals surface area contributed by atoms with Crippen molar-refractivity contribution in [2.45, 2.75) is 33.9 Å². The van der Waals surface area contributed by atoms with Crippen molar-refractivity contribution in [3.05, 3.63) is 35.4 Å². The summed E-state index contributed by atoms with van der Waals surface area (Å²) in [4.78, 5) is 2.42. The second kappa shape index (κ2) is 9.92. The smallest absolute Gasteiger partial charge is 0.0589 e. The number of rotatable bonds is 10. The maximum Gasteiger partial charge on any atom is 0.0589 e. The fraction of sp³-hybridized carbons (Fsp3) is 0.647. The first-order chi connectivity index (χ1) is 9.67. The fourth-order valence-electron chi connectivity index (χ4n) is 2.19. The number of nitrogens with one attached hydrogen (secondary N) is 1. The topological polar surface area (TPSA) is 24.5 Å². The highest BCUT2D eigenvalue weighted by atomic mass is 16.5. The van der Waals surface area contributed by atoms with Gasteiger partial charge in [-0.1, -0.05) is 45.0 Å². The Balaban J connectivity index is 2.59. The Hall–Kier alpha value is -0.900. The molecule has 0 bridgehead atoms. The van der Waals surface area contributed by atoms with Crippen molar-refractivity contribution in [2.24, 2.45) is 5.92 Å². The minimum absolute atomic E-state index is 0.691. The molecule has 0 saturated carbocycles. The molecule has 0 aromatic heterocycles. The molecule has 0 spiro atoms. The van der Waals surface area contributed by atoms with E-state index in [1.54, 1.807) is 7.11 Å². The summed E-state index contributed by atoms with van der Waals surface area (Å²) < 4.78 is 5.18. The molecule has 1 aromatic carbocycles. The predicted octanol–water partition coefficient (Wildman–Crippen LogP) is 2.90. The van der Waals surface area contributed by atoms with Gasteiger partial charge in [0.2, 0.25) is 0 Å². The number of hydrogen-bond donors (Lipinski definition) is 1. The highest BCUT2D eigenvalue weighted by molar-refractivity contribution is 5.27. The third-order valence-electron chi connectivity index (χ3n) is 3.44. The van der Waals surface area contributed by atoms with Crippen LogP contribution in [0.3, 0.4) is 0 Å². The maximum atomic E-state index is 5.18. The Morgan fingerprint density at radius 2 is 1.90 bits per heavy atom. The Kier molecular flexibility index (Phi) is 8.51. The Morgan fingerprint density at radius 3 is 2.50 bits per heavy atom. The summed E-state index contributed by atoms with van der Waals surface area (Å²) in [6.45, 7) is 12.5. The Bertz CT molecular complexity index is 366. The quantitative estimate of drug-likeness (QED) is 0.712. The molecule has 0 fully saturated rings. The fourth-order valence-corrected chi connectivity index (χ4v) is 2.19. The van der Waals surface area contributed by atoms with E-state index in [4.69, 9.17) is 4.74 Å². The zero-order chi connectivity index (χ0) is 14.8. The molecule has 0 radical (unpaired) electrons. The number of benzene rings is 1. The molecule has 0 aliphatic carbocycles. The number of nitrogens with zero attached hydrogens (tertiary/aromatic N) is 1. The van der Waals surface area contributed by atoms with Gasteiger partial charge in [-0.3, -0.25) is 4.90 Å². The van der Waals surface area contributed by atoms with Gasteiger partial charge in [-0.15, -0.1) is 0 Å². The van der Waals surface area contributed by atoms with Crippen LogP contribution < -0.4 is 5.32 Å². The zero-order valence-corrected chi connectivity index (χ0v) is 13.5. The maximum absolute atomic E-state index is 5.18. The summed E-state index contributed by atoms with van der Waals surface area (Å²) in [6.07, 6.45) is 0. The van der Waals surface area contributed by atoms with Crippen LogP contribution in [0.25, 0.3) is 0 Å². The lowest BCUT2D eigenvalue weighted by atomic mass is 10.1. The molecule has 3 nitrogen and oxygen atoms in total. The second-order valence-electron chi connectivity index (χ2n) is 5.66. The van der Waals surface area contributed by atoms with Crippen LogP contribution in [-0.2, 0) is 17.8 Å². The van der Waals surface area contributed by atoms with Crippen LogP contribution in [0.4, 0.5) is 0 Å². The zero-order valence-electron chi connectivity index (χ0n) is 13.5. The molecule has 0 amide bonds. The van der Waals surface area contributed by atoms with Gasteiger partial charge in [-0.2, -0.15) is 0 Å². The van der Waals surface area contributed by atoms with E-state index < -0.39 is 0 Å². The largest absolute Gasteiger partial charge is 0.383 e. The predicted molar refractivity (Wildman–Crippen MR) is 85.8 cm³/mol. The van der Waals surface area contributed by atoms with Gasteiger partial charge in [-0.05, 0) is 30.1 Å². The highest BCUT2D eigenvalue weighted by Gasteiger charge is 2.07. The van der Waals surface area contributed by atoms with Gasteiger partial charge in [0.1, 0.15) is 0 Å². The van der Waals surface area contributed by atoms with Crippen molar-refractivity contribution in [3.63, 3.8) is 0 Å². The van der Waals surface area contributed by atoms with E-state index in [0.717, 1.165) is 39.3 Å². The number of likely N-dealkylation sites (N-methyl/N-ethyl adjacent to an activating group) is 1. The summed E-state index contributed by atoms with van der Waals surface area (Å²) in [6, 6.07) is 8.72. The van der Waals surface area contributed by atoms with E-state index in [0.29, 0.717) is 5.92 Å². The summed E-state index contributed by atoms with van der Waals surface area (Å²) in [7, 11) is 1.76. The van der Waals surface area contributed by atoms with Gasteiger partial charge in [-0.25, -0.2) is 0 Å². The molecule has 0 heterocycles. The Labute approximate surface area is 124 Å². The molecule has 114 valence electrons. The van der Waals surface area contributed by atoms with Crippen molar-refractivity contribution in [2.75, 3.05) is 33.4 Å². The molecule has 20 heavy (non-hydrogen) atoms. The van der Waals surface area contributed by atoms with E-state index in [1.807, 2.05) is 0 Å². The molecule has 1 N–H and O–H groups in total. The second-order valence-corrected chi connectivity index (χ2v) is 5.66. The van der Waals surface area contributed by atoms with Crippen molar-refractivity contribution < 1.29 is 4.74 Å². The van der Waals surface area contributed by atoms with Crippen LogP contribution in [0.15, 0.2) is 24.3 Å². The lowest BCUT2D eigenvalue weighted by Gasteiger charge is -2.22. The van der Waals surface area contributed by atoms with Crippen LogP contribution in [0.1, 0.15) is 31.9 Å². The minimum atomic E-state index is 0.691. The lowest BCUT2D eigenvalue weighted by Crippen LogP contribution is -2.28. The molecule has 0 unspecified atom stereocenters. The molecule has 0 aliphatic heterocycles. The monoisotopic (exact) mass is 278 g/mol. The van der Waals surface area contributed by atoms with E-state index in [2.05, 4.69) is 55.3 Å². The molecular weight excluding hydrogens is 248 g/mol. The van der Waals surface area contributed by atoms with Crippen LogP contribution in [0.5, 0.6) is 0 Å². The number of hydrogen-bond acceptors (Lipinski definition) is 3. The molecule has 3 heteroatoms. The minimum Gasteiger partial charge on any atom is -0.383 e. The summed E-state index contributed by atoms with van der Waals surface area (Å²) in [5.41, 5.74) is 2.82. The highest BCUT2D eigenvalue weighted by Crippen LogP contribution is 2.12. The molecule has 0 atom stereocenters. The third-order valence-corrected chi connectivity index (χ3v) is 3.44. The summed E-state index contributed by atoms with van der Waals surface area (Å²) >= 11 is 0. The number of ether oxygens (including phenoxy) is 1. The molecular formula is C17H30N2O. The standard InChI is InChI=1S/C17H30N2O/c1-5-19(10-11-20-4)14-17-9-7-6-8-16(17)13-18-12-15(2)3/h6-9,15,18H,5,10-14H2,1-4H3. The van der Waals surface area contributed by atoms with E-state index >= 15 is 0 Å². The molecule has 1 rings (SSSR count). The van der Waals surface area contributed by atoms with Crippen molar-refractivity contribution >= 4 is 0 Å². The van der Waals surface area contributed by atoms with E-state index in [-0.39, 0.29) is 0 Å². The number of methoxy groups -OCH3 is 1.